The molecule has 1 aromatic rings. The zero-order chi connectivity index (χ0) is 15.7. The minimum atomic E-state index is -1.28. The van der Waals surface area contributed by atoms with E-state index in [2.05, 4.69) is 4.72 Å². The average Bonchev–Trinajstić information content (AvgIpc) is 2.26. The van der Waals surface area contributed by atoms with E-state index < -0.39 is 33.2 Å². The van der Waals surface area contributed by atoms with Crippen LogP contribution in [0.15, 0.2) is 18.2 Å². The molecular weight excluding hydrogens is 277 g/mol. The van der Waals surface area contributed by atoms with Crippen molar-refractivity contribution in [3.63, 3.8) is 0 Å². The summed E-state index contributed by atoms with van der Waals surface area (Å²) in [6.45, 7) is 10.4. The molecule has 1 unspecified atom stereocenters. The molecule has 114 valence electrons. The summed E-state index contributed by atoms with van der Waals surface area (Å²) >= 11 is 0. The van der Waals surface area contributed by atoms with Gasteiger partial charge in [0.1, 0.15) is 5.82 Å². The first-order valence-electron chi connectivity index (χ1n) is 6.64. The Morgan fingerprint density at radius 3 is 2.25 bits per heavy atom. The highest BCUT2D eigenvalue weighted by Crippen LogP contribution is 2.28. The van der Waals surface area contributed by atoms with E-state index in [9.17, 15) is 13.7 Å². The highest BCUT2D eigenvalue weighted by Gasteiger charge is 2.26. The van der Waals surface area contributed by atoms with Crippen LogP contribution in [-0.2, 0) is 16.6 Å². The third-order valence-electron chi connectivity index (χ3n) is 2.99. The number of benzene rings is 1. The number of aliphatic hydroxyl groups is 1. The maximum Gasteiger partial charge on any atom is 0.134 e. The summed E-state index contributed by atoms with van der Waals surface area (Å²) in [6, 6.07) is 4.50. The van der Waals surface area contributed by atoms with Crippen LogP contribution < -0.4 is 4.72 Å². The van der Waals surface area contributed by atoms with E-state index in [0.717, 1.165) is 0 Å². The number of hydrogen-bond donors (Lipinski definition) is 2. The van der Waals surface area contributed by atoms with Crippen molar-refractivity contribution < 1.29 is 13.7 Å². The molecule has 5 heteroatoms. The summed E-state index contributed by atoms with van der Waals surface area (Å²) in [6.07, 6.45) is 0. The van der Waals surface area contributed by atoms with Crippen LogP contribution in [0.2, 0.25) is 0 Å². The first kappa shape index (κ1) is 17.3. The molecule has 0 heterocycles. The van der Waals surface area contributed by atoms with Gasteiger partial charge in [0.15, 0.2) is 0 Å². The first-order chi connectivity index (χ1) is 8.94. The summed E-state index contributed by atoms with van der Waals surface area (Å²) in [4.78, 5) is 0. The van der Waals surface area contributed by atoms with E-state index in [1.165, 1.54) is 0 Å². The van der Waals surface area contributed by atoms with Crippen molar-refractivity contribution in [3.8, 4) is 0 Å². The second-order valence-corrected chi connectivity index (χ2v) is 8.49. The lowest BCUT2D eigenvalue weighted by molar-refractivity contribution is 0.0743. The fourth-order valence-electron chi connectivity index (χ4n) is 1.76. The van der Waals surface area contributed by atoms with Gasteiger partial charge in [0.25, 0.3) is 0 Å². The van der Waals surface area contributed by atoms with Crippen LogP contribution in [0, 0.1) is 5.82 Å². The van der Waals surface area contributed by atoms with E-state index in [4.69, 9.17) is 0 Å². The van der Waals surface area contributed by atoms with Crippen LogP contribution >= 0.6 is 0 Å². The molecule has 0 spiro atoms. The molecule has 0 amide bonds. The Kier molecular flexibility index (Phi) is 5.11. The van der Waals surface area contributed by atoms with Crippen LogP contribution in [0.25, 0.3) is 0 Å². The molecule has 0 radical (unpaired) electrons. The second kappa shape index (κ2) is 5.92. The average molecular weight is 301 g/mol. The molecule has 1 rings (SSSR count). The van der Waals surface area contributed by atoms with E-state index in [-0.39, 0.29) is 5.56 Å². The Morgan fingerprint density at radius 2 is 1.80 bits per heavy atom. The van der Waals surface area contributed by atoms with Gasteiger partial charge in [0.2, 0.25) is 0 Å². The molecule has 20 heavy (non-hydrogen) atoms. The van der Waals surface area contributed by atoms with Crippen molar-refractivity contribution in [1.29, 1.82) is 0 Å². The number of hydrogen-bond acceptors (Lipinski definition) is 2. The Balaban J connectivity index is 3.07. The molecule has 0 aliphatic heterocycles. The molecule has 0 saturated carbocycles. The van der Waals surface area contributed by atoms with Crippen molar-refractivity contribution in [1.82, 2.24) is 4.72 Å². The largest absolute Gasteiger partial charge is 0.386 e. The number of rotatable bonds is 4. The van der Waals surface area contributed by atoms with Gasteiger partial charge >= 0.3 is 0 Å². The predicted octanol–water partition coefficient (Wildman–Crippen LogP) is 3.17. The van der Waals surface area contributed by atoms with Crippen LogP contribution in [0.1, 0.15) is 58.7 Å². The summed E-state index contributed by atoms with van der Waals surface area (Å²) in [5.74, 6) is -0.453. The fraction of sp³-hybridized carbons (Fsp3) is 0.600. The lowest BCUT2D eigenvalue weighted by atomic mass is 9.94. The molecule has 1 aromatic carbocycles. The summed E-state index contributed by atoms with van der Waals surface area (Å²) in [5, 5.41) is 9.97. The van der Waals surface area contributed by atoms with Gasteiger partial charge in [-0.1, -0.05) is 18.2 Å². The van der Waals surface area contributed by atoms with E-state index >= 15 is 0 Å². The molecule has 0 aromatic heterocycles. The standard InChI is InChI=1S/C15H24FNO2S/c1-10(17-20(19)14(2,3)4)11-8-7-9-12(13(11)16)15(5,6)18/h7-10,17-18H,1-6H3/t10-,20?/m1/s1. The molecule has 0 aliphatic carbocycles. The third-order valence-corrected chi connectivity index (χ3v) is 4.67. The molecule has 3 nitrogen and oxygen atoms in total. The monoisotopic (exact) mass is 301 g/mol. The van der Waals surface area contributed by atoms with Crippen molar-refractivity contribution in [2.45, 2.75) is 57.9 Å². The topological polar surface area (TPSA) is 49.3 Å². The second-order valence-electron chi connectivity index (χ2n) is 6.49. The fourth-order valence-corrected chi connectivity index (χ4v) is 2.56. The SMILES string of the molecule is C[C@@H](NS(=O)C(C)(C)C)c1cccc(C(C)(C)O)c1F. The van der Waals surface area contributed by atoms with Gasteiger partial charge in [-0.2, -0.15) is 0 Å². The van der Waals surface area contributed by atoms with Crippen molar-refractivity contribution >= 4 is 11.0 Å². The maximum atomic E-state index is 14.5. The molecule has 2 N–H and O–H groups in total. The van der Waals surface area contributed by atoms with Crippen molar-refractivity contribution in [2.75, 3.05) is 0 Å². The van der Waals surface area contributed by atoms with Crippen LogP contribution in [0.3, 0.4) is 0 Å². The molecule has 0 bridgehead atoms. The van der Waals surface area contributed by atoms with Gasteiger partial charge < -0.3 is 5.11 Å². The maximum absolute atomic E-state index is 14.5. The normalized spacial score (nSPS) is 16.0. The van der Waals surface area contributed by atoms with E-state index in [1.807, 2.05) is 20.8 Å². The molecule has 2 atom stereocenters. The Hall–Kier alpha value is -0.780. The Labute approximate surface area is 123 Å². The van der Waals surface area contributed by atoms with Crippen molar-refractivity contribution in [3.05, 3.63) is 35.1 Å². The summed E-state index contributed by atoms with van der Waals surface area (Å²) in [5.41, 5.74) is -0.601. The lowest BCUT2D eigenvalue weighted by Crippen LogP contribution is -2.35. The third kappa shape index (κ3) is 4.11. The number of nitrogens with one attached hydrogen (secondary N) is 1. The first-order valence-corrected chi connectivity index (χ1v) is 7.79. The predicted molar refractivity (Wildman–Crippen MR) is 81.1 cm³/mol. The van der Waals surface area contributed by atoms with Gasteiger partial charge in [0.05, 0.1) is 21.3 Å². The van der Waals surface area contributed by atoms with E-state index in [1.54, 1.807) is 39.0 Å². The van der Waals surface area contributed by atoms with Gasteiger partial charge in [-0.25, -0.2) is 13.3 Å². The smallest absolute Gasteiger partial charge is 0.134 e. The van der Waals surface area contributed by atoms with Crippen LogP contribution in [0.4, 0.5) is 4.39 Å². The van der Waals surface area contributed by atoms with E-state index in [0.29, 0.717) is 5.56 Å². The van der Waals surface area contributed by atoms with Gasteiger partial charge in [-0.05, 0) is 41.5 Å². The van der Waals surface area contributed by atoms with Crippen molar-refractivity contribution in [2.24, 2.45) is 0 Å². The van der Waals surface area contributed by atoms with Gasteiger partial charge in [-0.15, -0.1) is 0 Å². The minimum Gasteiger partial charge on any atom is -0.386 e. The van der Waals surface area contributed by atoms with Gasteiger partial charge in [0, 0.05) is 17.2 Å². The van der Waals surface area contributed by atoms with Crippen LogP contribution in [-0.4, -0.2) is 14.1 Å². The highest BCUT2D eigenvalue weighted by molar-refractivity contribution is 7.84. The molecule has 0 fully saturated rings. The Bertz CT molecular complexity index is 504. The summed E-state index contributed by atoms with van der Waals surface area (Å²) < 4.78 is 29.0. The zero-order valence-electron chi connectivity index (χ0n) is 13.0. The summed E-state index contributed by atoms with van der Waals surface area (Å²) in [7, 11) is -1.28. The minimum absolute atomic E-state index is 0.241. The quantitative estimate of drug-likeness (QED) is 0.897. The molecular formula is C15H24FNO2S. The highest BCUT2D eigenvalue weighted by atomic mass is 32.2. The molecule has 0 aliphatic rings. The van der Waals surface area contributed by atoms with Crippen LogP contribution in [0.5, 0.6) is 0 Å². The Morgan fingerprint density at radius 1 is 1.25 bits per heavy atom. The molecule has 0 saturated heterocycles. The van der Waals surface area contributed by atoms with Gasteiger partial charge in [-0.3, -0.25) is 0 Å². The lowest BCUT2D eigenvalue weighted by Gasteiger charge is -2.25. The zero-order valence-corrected chi connectivity index (χ0v) is 13.8. The number of halogens is 1.